The fraction of sp³-hybridized carbons (Fsp3) is 0.500. The summed E-state index contributed by atoms with van der Waals surface area (Å²) in [6, 6.07) is 7.84. The van der Waals surface area contributed by atoms with Crippen molar-refractivity contribution in [3.63, 3.8) is 0 Å². The van der Waals surface area contributed by atoms with Gasteiger partial charge in [0.25, 0.3) is 0 Å². The lowest BCUT2D eigenvalue weighted by Gasteiger charge is -2.36. The summed E-state index contributed by atoms with van der Waals surface area (Å²) >= 11 is 0. The van der Waals surface area contributed by atoms with Crippen LogP contribution >= 0.6 is 0 Å². The second kappa shape index (κ2) is 4.15. The fourth-order valence-electron chi connectivity index (χ4n) is 2.74. The predicted molar refractivity (Wildman–Crippen MR) is 65.1 cm³/mol. The first kappa shape index (κ1) is 12.1. The van der Waals surface area contributed by atoms with Crippen molar-refractivity contribution < 1.29 is 15.0 Å². The molecule has 17 heavy (non-hydrogen) atoms. The van der Waals surface area contributed by atoms with E-state index in [1.807, 2.05) is 24.3 Å². The second-order valence-electron chi connectivity index (χ2n) is 5.11. The SMILES string of the molecule is CC1CCC(C(C)(O)C(=O)O)c2ccccc21. The van der Waals surface area contributed by atoms with E-state index in [1.165, 1.54) is 12.5 Å². The molecule has 1 aromatic rings. The number of benzene rings is 1. The van der Waals surface area contributed by atoms with Crippen LogP contribution in [0.25, 0.3) is 0 Å². The summed E-state index contributed by atoms with van der Waals surface area (Å²) in [4.78, 5) is 11.2. The van der Waals surface area contributed by atoms with E-state index in [9.17, 15) is 9.90 Å². The van der Waals surface area contributed by atoms with E-state index in [0.717, 1.165) is 18.4 Å². The van der Waals surface area contributed by atoms with E-state index in [0.29, 0.717) is 5.92 Å². The van der Waals surface area contributed by atoms with Gasteiger partial charge in [0.05, 0.1) is 0 Å². The van der Waals surface area contributed by atoms with Gasteiger partial charge >= 0.3 is 5.97 Å². The summed E-state index contributed by atoms with van der Waals surface area (Å²) in [5.74, 6) is -1.02. The van der Waals surface area contributed by atoms with Gasteiger partial charge in [0, 0.05) is 5.92 Å². The highest BCUT2D eigenvalue weighted by Gasteiger charge is 2.43. The Bertz CT molecular complexity index is 437. The number of carboxylic acid groups (broad SMARTS) is 1. The lowest BCUT2D eigenvalue weighted by molar-refractivity contribution is -0.159. The molecule has 3 atom stereocenters. The molecule has 0 fully saturated rings. The third-order valence-corrected chi connectivity index (χ3v) is 3.90. The highest BCUT2D eigenvalue weighted by molar-refractivity contribution is 5.78. The lowest BCUT2D eigenvalue weighted by Crippen LogP contribution is -2.43. The number of aliphatic carboxylic acids is 1. The van der Waals surface area contributed by atoms with Crippen LogP contribution in [0.3, 0.4) is 0 Å². The molecule has 92 valence electrons. The Morgan fingerprint density at radius 2 is 1.88 bits per heavy atom. The average molecular weight is 234 g/mol. The third kappa shape index (κ3) is 1.95. The first-order valence-electron chi connectivity index (χ1n) is 5.99. The summed E-state index contributed by atoms with van der Waals surface area (Å²) in [6.45, 7) is 3.54. The van der Waals surface area contributed by atoms with Crippen LogP contribution in [-0.4, -0.2) is 21.8 Å². The summed E-state index contributed by atoms with van der Waals surface area (Å²) in [6.07, 6.45) is 1.64. The molecule has 3 nitrogen and oxygen atoms in total. The molecule has 1 aromatic carbocycles. The van der Waals surface area contributed by atoms with Crippen LogP contribution < -0.4 is 0 Å². The molecule has 0 amide bonds. The number of hydrogen-bond acceptors (Lipinski definition) is 2. The number of hydrogen-bond donors (Lipinski definition) is 2. The Morgan fingerprint density at radius 1 is 1.29 bits per heavy atom. The lowest BCUT2D eigenvalue weighted by atomic mass is 9.71. The molecule has 3 heteroatoms. The van der Waals surface area contributed by atoms with E-state index in [2.05, 4.69) is 6.92 Å². The van der Waals surface area contributed by atoms with Crippen molar-refractivity contribution in [3.05, 3.63) is 35.4 Å². The second-order valence-corrected chi connectivity index (χ2v) is 5.11. The molecular weight excluding hydrogens is 216 g/mol. The van der Waals surface area contributed by atoms with Gasteiger partial charge in [0.15, 0.2) is 5.60 Å². The molecule has 0 bridgehead atoms. The zero-order valence-electron chi connectivity index (χ0n) is 10.2. The number of carboxylic acids is 1. The molecule has 0 radical (unpaired) electrons. The Morgan fingerprint density at radius 3 is 2.47 bits per heavy atom. The summed E-state index contributed by atoms with van der Waals surface area (Å²) in [7, 11) is 0. The van der Waals surface area contributed by atoms with Crippen molar-refractivity contribution in [2.45, 2.75) is 44.1 Å². The molecule has 0 saturated heterocycles. The smallest absolute Gasteiger partial charge is 0.336 e. The van der Waals surface area contributed by atoms with E-state index >= 15 is 0 Å². The average Bonchev–Trinajstić information content (AvgIpc) is 2.29. The minimum Gasteiger partial charge on any atom is -0.479 e. The van der Waals surface area contributed by atoms with Gasteiger partial charge in [0.1, 0.15) is 0 Å². The van der Waals surface area contributed by atoms with Gasteiger partial charge in [-0.05, 0) is 36.8 Å². The minimum absolute atomic E-state index is 0.313. The van der Waals surface area contributed by atoms with Gasteiger partial charge in [-0.2, -0.15) is 0 Å². The maximum absolute atomic E-state index is 11.2. The van der Waals surface area contributed by atoms with Crippen LogP contribution in [0.5, 0.6) is 0 Å². The van der Waals surface area contributed by atoms with Crippen molar-refractivity contribution in [1.82, 2.24) is 0 Å². The van der Waals surface area contributed by atoms with Crippen LogP contribution in [0.4, 0.5) is 0 Å². The quantitative estimate of drug-likeness (QED) is 0.826. The maximum atomic E-state index is 11.2. The number of fused-ring (bicyclic) bond motifs is 1. The van der Waals surface area contributed by atoms with E-state index < -0.39 is 11.6 Å². The summed E-state index contributed by atoms with van der Waals surface area (Å²) in [5.41, 5.74) is 0.472. The van der Waals surface area contributed by atoms with Crippen molar-refractivity contribution in [2.75, 3.05) is 0 Å². The highest BCUT2D eigenvalue weighted by Crippen LogP contribution is 2.43. The third-order valence-electron chi connectivity index (χ3n) is 3.90. The maximum Gasteiger partial charge on any atom is 0.336 e. The van der Waals surface area contributed by atoms with Crippen molar-refractivity contribution >= 4 is 5.97 Å². The van der Waals surface area contributed by atoms with Crippen LogP contribution in [0.15, 0.2) is 24.3 Å². The van der Waals surface area contributed by atoms with Crippen molar-refractivity contribution in [3.8, 4) is 0 Å². The molecule has 0 spiro atoms. The first-order valence-corrected chi connectivity index (χ1v) is 5.99. The van der Waals surface area contributed by atoms with Crippen LogP contribution in [0.2, 0.25) is 0 Å². The number of aliphatic hydroxyl groups is 1. The molecule has 1 aliphatic carbocycles. The minimum atomic E-state index is -1.68. The van der Waals surface area contributed by atoms with Crippen molar-refractivity contribution in [2.24, 2.45) is 0 Å². The first-order chi connectivity index (χ1) is 7.94. The summed E-state index contributed by atoms with van der Waals surface area (Å²) < 4.78 is 0. The van der Waals surface area contributed by atoms with Gasteiger partial charge in [-0.15, -0.1) is 0 Å². The molecule has 3 unspecified atom stereocenters. The Kier molecular flexibility index (Phi) is 2.96. The number of carbonyl (C=O) groups is 1. The zero-order chi connectivity index (χ0) is 12.6. The van der Waals surface area contributed by atoms with Crippen LogP contribution in [0.1, 0.15) is 49.7 Å². The van der Waals surface area contributed by atoms with Gasteiger partial charge in [0.2, 0.25) is 0 Å². The Balaban J connectivity index is 2.47. The van der Waals surface area contributed by atoms with E-state index in [-0.39, 0.29) is 5.92 Å². The molecule has 0 saturated carbocycles. The van der Waals surface area contributed by atoms with Crippen molar-refractivity contribution in [1.29, 1.82) is 0 Å². The van der Waals surface area contributed by atoms with Gasteiger partial charge in [-0.25, -0.2) is 4.79 Å². The van der Waals surface area contributed by atoms with E-state index in [4.69, 9.17) is 5.11 Å². The van der Waals surface area contributed by atoms with Gasteiger partial charge in [-0.1, -0.05) is 31.2 Å². The molecule has 2 N–H and O–H groups in total. The normalized spacial score (nSPS) is 27.0. The largest absolute Gasteiger partial charge is 0.479 e. The standard InChI is InChI=1S/C14H18O3/c1-9-7-8-12(14(2,17)13(15)16)11-6-4-3-5-10(9)11/h3-6,9,12,17H,7-8H2,1-2H3,(H,15,16). The predicted octanol–water partition coefficient (Wildman–Crippen LogP) is 2.50. The molecule has 0 heterocycles. The van der Waals surface area contributed by atoms with Gasteiger partial charge in [-0.3, -0.25) is 0 Å². The fourth-order valence-corrected chi connectivity index (χ4v) is 2.74. The molecule has 0 aliphatic heterocycles. The molecule has 1 aliphatic rings. The Hall–Kier alpha value is -1.35. The Labute approximate surface area is 101 Å². The summed E-state index contributed by atoms with van der Waals surface area (Å²) in [5, 5.41) is 19.3. The topological polar surface area (TPSA) is 57.5 Å². The van der Waals surface area contributed by atoms with Crippen LogP contribution in [0, 0.1) is 0 Å². The molecule has 2 rings (SSSR count). The van der Waals surface area contributed by atoms with Gasteiger partial charge < -0.3 is 10.2 Å². The zero-order valence-corrected chi connectivity index (χ0v) is 10.2. The highest BCUT2D eigenvalue weighted by atomic mass is 16.4. The molecular formula is C14H18O3. The van der Waals surface area contributed by atoms with Crippen LogP contribution in [-0.2, 0) is 4.79 Å². The van der Waals surface area contributed by atoms with E-state index in [1.54, 1.807) is 0 Å². The number of rotatable bonds is 2. The monoisotopic (exact) mass is 234 g/mol. The molecule has 0 aromatic heterocycles.